The van der Waals surface area contributed by atoms with Gasteiger partial charge in [-0.1, -0.05) is 12.1 Å². The largest absolute Gasteiger partial charge is 0.366 e. The summed E-state index contributed by atoms with van der Waals surface area (Å²) < 4.78 is 13.8. The van der Waals surface area contributed by atoms with E-state index in [1.807, 2.05) is 11.0 Å². The Morgan fingerprint density at radius 3 is 2.63 bits per heavy atom. The van der Waals surface area contributed by atoms with Crippen LogP contribution in [0.5, 0.6) is 0 Å². The minimum absolute atomic E-state index is 0.00847. The Balaban J connectivity index is 1.60. The van der Waals surface area contributed by atoms with Gasteiger partial charge in [0.15, 0.2) is 0 Å². The zero-order valence-electron chi connectivity index (χ0n) is 15.0. The molecule has 2 saturated heterocycles. The number of hydrogen-bond donors (Lipinski definition) is 1. The van der Waals surface area contributed by atoms with Gasteiger partial charge >= 0.3 is 0 Å². The fraction of sp³-hybridized carbons (Fsp3) is 0.350. The van der Waals surface area contributed by atoms with E-state index in [1.165, 1.54) is 18.3 Å². The number of benzene rings is 1. The predicted molar refractivity (Wildman–Crippen MR) is 98.5 cm³/mol. The first-order valence-electron chi connectivity index (χ1n) is 8.97. The maximum absolute atomic E-state index is 13.8. The van der Waals surface area contributed by atoms with Crippen LogP contribution in [0.1, 0.15) is 28.9 Å². The van der Waals surface area contributed by atoms with Crippen molar-refractivity contribution in [3.63, 3.8) is 0 Å². The lowest BCUT2D eigenvalue weighted by Gasteiger charge is -2.29. The van der Waals surface area contributed by atoms with Gasteiger partial charge in [-0.15, -0.1) is 0 Å². The van der Waals surface area contributed by atoms with Crippen molar-refractivity contribution in [1.29, 1.82) is 0 Å². The highest BCUT2D eigenvalue weighted by Crippen LogP contribution is 2.45. The Labute approximate surface area is 156 Å². The number of pyridine rings is 1. The molecule has 1 aromatic heterocycles. The van der Waals surface area contributed by atoms with Crippen LogP contribution in [-0.4, -0.2) is 41.3 Å². The van der Waals surface area contributed by atoms with Crippen LogP contribution >= 0.6 is 0 Å². The molecule has 2 aromatic rings. The molecule has 0 spiro atoms. The van der Waals surface area contributed by atoms with Crippen LogP contribution in [0.4, 0.5) is 10.2 Å². The third kappa shape index (κ3) is 3.13. The Hall–Kier alpha value is -2.96. The topological polar surface area (TPSA) is 79.5 Å². The van der Waals surface area contributed by atoms with Crippen molar-refractivity contribution in [2.24, 2.45) is 17.6 Å². The van der Waals surface area contributed by atoms with Crippen LogP contribution in [0.15, 0.2) is 42.6 Å². The monoisotopic (exact) mass is 368 g/mol. The predicted octanol–water partition coefficient (Wildman–Crippen LogP) is 1.98. The molecule has 1 aromatic carbocycles. The van der Waals surface area contributed by atoms with Crippen LogP contribution in [0.3, 0.4) is 0 Å². The van der Waals surface area contributed by atoms with Crippen LogP contribution in [0, 0.1) is 17.7 Å². The number of aromatic nitrogens is 1. The number of carbonyl (C=O) groups is 2. The molecule has 0 unspecified atom stereocenters. The van der Waals surface area contributed by atoms with Gasteiger partial charge in [-0.05, 0) is 29.8 Å². The molecule has 27 heavy (non-hydrogen) atoms. The molecule has 2 aliphatic rings. The van der Waals surface area contributed by atoms with Gasteiger partial charge in [0.25, 0.3) is 0 Å². The van der Waals surface area contributed by atoms with Crippen LogP contribution in [-0.2, 0) is 4.79 Å². The molecular weight excluding hydrogens is 347 g/mol. The lowest BCUT2D eigenvalue weighted by molar-refractivity contribution is -0.130. The molecule has 2 N–H and O–H groups in total. The van der Waals surface area contributed by atoms with Crippen molar-refractivity contribution in [1.82, 2.24) is 9.88 Å². The van der Waals surface area contributed by atoms with Crippen molar-refractivity contribution >= 4 is 17.6 Å². The van der Waals surface area contributed by atoms with E-state index in [9.17, 15) is 14.0 Å². The number of carbonyl (C=O) groups excluding carboxylic acids is 2. The highest BCUT2D eigenvalue weighted by Gasteiger charge is 2.48. The number of primary amides is 1. The van der Waals surface area contributed by atoms with E-state index in [-0.39, 0.29) is 23.7 Å². The second-order valence-corrected chi connectivity index (χ2v) is 7.27. The zero-order valence-corrected chi connectivity index (χ0v) is 15.0. The smallest absolute Gasteiger partial charge is 0.250 e. The van der Waals surface area contributed by atoms with Gasteiger partial charge in [0.1, 0.15) is 11.6 Å². The third-order valence-electron chi connectivity index (χ3n) is 5.62. The van der Waals surface area contributed by atoms with Gasteiger partial charge in [-0.25, -0.2) is 9.37 Å². The second-order valence-electron chi connectivity index (χ2n) is 7.27. The fourth-order valence-corrected chi connectivity index (χ4v) is 4.39. The van der Waals surface area contributed by atoms with E-state index in [0.717, 1.165) is 24.5 Å². The van der Waals surface area contributed by atoms with Gasteiger partial charge in [0.05, 0.1) is 11.6 Å². The maximum atomic E-state index is 13.8. The summed E-state index contributed by atoms with van der Waals surface area (Å²) in [6.07, 6.45) is 1.48. The average Bonchev–Trinajstić information content (AvgIpc) is 3.19. The number of hydrogen-bond acceptors (Lipinski definition) is 4. The fourth-order valence-electron chi connectivity index (χ4n) is 4.39. The Morgan fingerprint density at radius 2 is 2.00 bits per heavy atom. The van der Waals surface area contributed by atoms with E-state index in [4.69, 9.17) is 5.73 Å². The molecule has 2 fully saturated rings. The molecule has 3 atom stereocenters. The molecule has 3 heterocycles. The standard InChI is InChI=1S/C20H21FN4O2/c1-12(26)25-10-15-9-24(18-6-5-14(8-23-18)20(22)27)11-17(15)19(25)13-3-2-4-16(21)7-13/h2-8,15,17,19H,9-11H2,1H3,(H2,22,27)/t15-,17-,19-/m1/s1. The first-order chi connectivity index (χ1) is 12.9. The molecule has 7 heteroatoms. The second kappa shape index (κ2) is 6.64. The van der Waals surface area contributed by atoms with E-state index in [2.05, 4.69) is 9.88 Å². The van der Waals surface area contributed by atoms with Crippen molar-refractivity contribution in [3.05, 3.63) is 59.5 Å². The highest BCUT2D eigenvalue weighted by atomic mass is 19.1. The normalized spacial score (nSPS) is 24.1. The van der Waals surface area contributed by atoms with Crippen molar-refractivity contribution < 1.29 is 14.0 Å². The van der Waals surface area contributed by atoms with E-state index in [1.54, 1.807) is 25.1 Å². The molecule has 4 rings (SSSR count). The summed E-state index contributed by atoms with van der Waals surface area (Å²) in [4.78, 5) is 31.8. The maximum Gasteiger partial charge on any atom is 0.250 e. The SMILES string of the molecule is CC(=O)N1C[C@H]2CN(c3ccc(C(N)=O)cn3)C[C@H]2[C@H]1c1cccc(F)c1. The Morgan fingerprint density at radius 1 is 1.19 bits per heavy atom. The summed E-state index contributed by atoms with van der Waals surface area (Å²) in [5.74, 6) is 0.484. The number of anilines is 1. The number of rotatable bonds is 3. The number of likely N-dealkylation sites (tertiary alicyclic amines) is 1. The first-order valence-corrected chi connectivity index (χ1v) is 8.97. The summed E-state index contributed by atoms with van der Waals surface area (Å²) >= 11 is 0. The molecule has 6 nitrogen and oxygen atoms in total. The van der Waals surface area contributed by atoms with Crippen molar-refractivity contribution in [3.8, 4) is 0 Å². The minimum Gasteiger partial charge on any atom is -0.366 e. The summed E-state index contributed by atoms with van der Waals surface area (Å²) in [6, 6.07) is 9.83. The lowest BCUT2D eigenvalue weighted by Crippen LogP contribution is -2.34. The van der Waals surface area contributed by atoms with Crippen LogP contribution < -0.4 is 10.6 Å². The molecule has 0 bridgehead atoms. The van der Waals surface area contributed by atoms with Gasteiger partial charge in [0.2, 0.25) is 11.8 Å². The molecular formula is C20H21FN4O2. The third-order valence-corrected chi connectivity index (χ3v) is 5.62. The van der Waals surface area contributed by atoms with E-state index < -0.39 is 5.91 Å². The number of halogens is 1. The summed E-state index contributed by atoms with van der Waals surface area (Å²) in [7, 11) is 0. The quantitative estimate of drug-likeness (QED) is 0.898. The first kappa shape index (κ1) is 17.5. The summed E-state index contributed by atoms with van der Waals surface area (Å²) in [6.45, 7) is 3.70. The zero-order chi connectivity index (χ0) is 19.1. The highest BCUT2D eigenvalue weighted by molar-refractivity contribution is 5.92. The molecule has 0 radical (unpaired) electrons. The van der Waals surface area contributed by atoms with Crippen molar-refractivity contribution in [2.45, 2.75) is 13.0 Å². The number of nitrogens with two attached hydrogens (primary N) is 1. The van der Waals surface area contributed by atoms with E-state index >= 15 is 0 Å². The molecule has 2 aliphatic heterocycles. The van der Waals surface area contributed by atoms with Crippen molar-refractivity contribution in [2.75, 3.05) is 24.5 Å². The Kier molecular flexibility index (Phi) is 4.30. The van der Waals surface area contributed by atoms with Gasteiger partial charge in [-0.3, -0.25) is 9.59 Å². The van der Waals surface area contributed by atoms with Gasteiger partial charge in [-0.2, -0.15) is 0 Å². The number of fused-ring (bicyclic) bond motifs is 1. The molecule has 0 saturated carbocycles. The molecule has 0 aliphatic carbocycles. The summed E-state index contributed by atoms with van der Waals surface area (Å²) in [5.41, 5.74) is 6.47. The minimum atomic E-state index is -0.504. The number of nitrogens with zero attached hydrogens (tertiary/aromatic N) is 3. The number of amides is 2. The van der Waals surface area contributed by atoms with Crippen LogP contribution in [0.2, 0.25) is 0 Å². The van der Waals surface area contributed by atoms with Gasteiger partial charge in [0, 0.05) is 44.6 Å². The Bertz CT molecular complexity index is 886. The van der Waals surface area contributed by atoms with Crippen LogP contribution in [0.25, 0.3) is 0 Å². The lowest BCUT2D eigenvalue weighted by atomic mass is 9.89. The molecule has 2 amide bonds. The molecule has 140 valence electrons. The van der Waals surface area contributed by atoms with E-state index in [0.29, 0.717) is 18.0 Å². The van der Waals surface area contributed by atoms with Gasteiger partial charge < -0.3 is 15.5 Å². The summed E-state index contributed by atoms with van der Waals surface area (Å²) in [5, 5.41) is 0. The average molecular weight is 368 g/mol.